The van der Waals surface area contributed by atoms with Crippen LogP contribution in [0.3, 0.4) is 0 Å². The Bertz CT molecular complexity index is 231. The predicted molar refractivity (Wildman–Crippen MR) is 47.3 cm³/mol. The second kappa shape index (κ2) is 5.09. The lowest BCUT2D eigenvalue weighted by Gasteiger charge is -2.28. The number of aliphatic hydroxyl groups excluding tert-OH is 1. The zero-order valence-corrected chi connectivity index (χ0v) is 8.27. The first-order valence-electron chi connectivity index (χ1n) is 4.83. The molecule has 15 heavy (non-hydrogen) atoms. The van der Waals surface area contributed by atoms with Crippen molar-refractivity contribution in [2.24, 2.45) is 0 Å². The van der Waals surface area contributed by atoms with Gasteiger partial charge in [0, 0.05) is 19.4 Å². The van der Waals surface area contributed by atoms with Crippen LogP contribution in [0.15, 0.2) is 0 Å². The maximum Gasteiger partial charge on any atom is 0.373 e. The molecule has 0 unspecified atom stereocenters. The fourth-order valence-electron chi connectivity index (χ4n) is 1.26. The Morgan fingerprint density at radius 2 is 1.73 bits per heavy atom. The molecule has 6 nitrogen and oxygen atoms in total. The third-order valence-electron chi connectivity index (χ3n) is 1.96. The van der Waals surface area contributed by atoms with Crippen molar-refractivity contribution in [3.05, 3.63) is 0 Å². The van der Waals surface area contributed by atoms with Gasteiger partial charge in [0.2, 0.25) is 0 Å². The first kappa shape index (κ1) is 11.9. The highest BCUT2D eigenvalue weighted by Crippen LogP contribution is 2.21. The molecule has 0 aromatic rings. The number of carbonyl (C=O) groups is 2. The van der Waals surface area contributed by atoms with Crippen LogP contribution in [0.5, 0.6) is 0 Å². The average molecular weight is 218 g/mol. The third-order valence-corrected chi connectivity index (χ3v) is 1.96. The molecule has 0 aromatic carbocycles. The van der Waals surface area contributed by atoms with Crippen molar-refractivity contribution in [2.45, 2.75) is 38.1 Å². The molecule has 1 aliphatic heterocycles. The van der Waals surface area contributed by atoms with Gasteiger partial charge in [-0.05, 0) is 12.8 Å². The van der Waals surface area contributed by atoms with Crippen molar-refractivity contribution in [1.82, 2.24) is 0 Å². The molecule has 86 valence electrons. The first-order chi connectivity index (χ1) is 7.06. The minimum Gasteiger partial charge on any atom is -0.398 e. The molecule has 1 fully saturated rings. The molecule has 0 saturated carbocycles. The monoisotopic (exact) mass is 218 g/mol. The Morgan fingerprint density at radius 1 is 1.20 bits per heavy atom. The van der Waals surface area contributed by atoms with Gasteiger partial charge < -0.3 is 19.7 Å². The lowest BCUT2D eigenvalue weighted by atomic mass is 10.2. The molecule has 0 aliphatic carbocycles. The molecular weight excluding hydrogens is 204 g/mol. The van der Waals surface area contributed by atoms with E-state index in [9.17, 15) is 14.7 Å². The molecule has 1 aliphatic rings. The Balaban J connectivity index is 2.63. The molecule has 0 spiro atoms. The van der Waals surface area contributed by atoms with Crippen LogP contribution in [-0.2, 0) is 19.1 Å². The number of rotatable bonds is 3. The van der Waals surface area contributed by atoms with E-state index in [4.69, 9.17) is 5.11 Å². The van der Waals surface area contributed by atoms with E-state index < -0.39 is 17.9 Å². The average Bonchev–Trinajstić information content (AvgIpc) is 2.12. The SMILES string of the molecule is O=C1CCCC(=O)OC(O)(CCCO)O1. The molecule has 1 heterocycles. The van der Waals surface area contributed by atoms with Gasteiger partial charge in [-0.3, -0.25) is 9.59 Å². The number of cyclic esters (lactones) is 2. The second-order valence-corrected chi connectivity index (χ2v) is 3.34. The highest BCUT2D eigenvalue weighted by molar-refractivity contribution is 5.74. The first-order valence-corrected chi connectivity index (χ1v) is 4.83. The van der Waals surface area contributed by atoms with Crippen molar-refractivity contribution in [1.29, 1.82) is 0 Å². The van der Waals surface area contributed by atoms with Gasteiger partial charge in [-0.25, -0.2) is 0 Å². The summed E-state index contributed by atoms with van der Waals surface area (Å²) in [5, 5.41) is 18.2. The van der Waals surface area contributed by atoms with Gasteiger partial charge in [0.1, 0.15) is 0 Å². The molecule has 0 amide bonds. The topological polar surface area (TPSA) is 93.1 Å². The van der Waals surface area contributed by atoms with E-state index in [0.717, 1.165) is 0 Å². The van der Waals surface area contributed by atoms with E-state index in [1.54, 1.807) is 0 Å². The van der Waals surface area contributed by atoms with Crippen LogP contribution in [0.2, 0.25) is 0 Å². The summed E-state index contributed by atoms with van der Waals surface area (Å²) >= 11 is 0. The predicted octanol–water partition coefficient (Wildman–Crippen LogP) is -0.325. The van der Waals surface area contributed by atoms with Gasteiger partial charge in [0.25, 0.3) is 0 Å². The Morgan fingerprint density at radius 3 is 2.20 bits per heavy atom. The number of hydrogen-bond donors (Lipinski definition) is 2. The zero-order valence-electron chi connectivity index (χ0n) is 8.27. The second-order valence-electron chi connectivity index (χ2n) is 3.34. The van der Waals surface area contributed by atoms with E-state index in [1.807, 2.05) is 0 Å². The molecule has 0 aromatic heterocycles. The molecule has 0 radical (unpaired) electrons. The fraction of sp³-hybridized carbons (Fsp3) is 0.778. The van der Waals surface area contributed by atoms with Crippen molar-refractivity contribution in [2.75, 3.05) is 6.61 Å². The van der Waals surface area contributed by atoms with Crippen LogP contribution < -0.4 is 0 Å². The van der Waals surface area contributed by atoms with E-state index in [2.05, 4.69) is 9.47 Å². The lowest BCUT2D eigenvalue weighted by Crippen LogP contribution is -2.41. The molecular formula is C9H14O6. The Labute approximate surface area is 86.8 Å². The molecule has 0 atom stereocenters. The summed E-state index contributed by atoms with van der Waals surface area (Å²) in [6.07, 6.45) is 0.568. The standard InChI is InChI=1S/C9H14O6/c10-6-2-5-9(13)14-7(11)3-1-4-8(12)15-9/h10,13H,1-6H2. The van der Waals surface area contributed by atoms with Crippen LogP contribution >= 0.6 is 0 Å². The number of ether oxygens (including phenoxy) is 2. The summed E-state index contributed by atoms with van der Waals surface area (Å²) in [6, 6.07) is 0. The summed E-state index contributed by atoms with van der Waals surface area (Å²) in [6.45, 7) is -0.183. The molecule has 0 bridgehead atoms. The summed E-state index contributed by atoms with van der Waals surface area (Å²) in [4.78, 5) is 22.2. The van der Waals surface area contributed by atoms with Crippen molar-refractivity contribution < 1.29 is 29.3 Å². The quantitative estimate of drug-likeness (QED) is 0.630. The molecule has 1 saturated heterocycles. The number of aliphatic hydroxyl groups is 2. The number of carbonyl (C=O) groups excluding carboxylic acids is 2. The minimum absolute atomic E-state index is 0.0799. The van der Waals surface area contributed by atoms with Crippen molar-refractivity contribution >= 4 is 11.9 Å². The van der Waals surface area contributed by atoms with Crippen LogP contribution in [0.1, 0.15) is 32.1 Å². The van der Waals surface area contributed by atoms with E-state index in [0.29, 0.717) is 6.42 Å². The van der Waals surface area contributed by atoms with E-state index >= 15 is 0 Å². The van der Waals surface area contributed by atoms with Crippen LogP contribution in [0, 0.1) is 0 Å². The fourth-order valence-corrected chi connectivity index (χ4v) is 1.26. The van der Waals surface area contributed by atoms with E-state index in [-0.39, 0.29) is 32.3 Å². The van der Waals surface area contributed by atoms with Gasteiger partial charge in [-0.1, -0.05) is 0 Å². The molecule has 6 heteroatoms. The largest absolute Gasteiger partial charge is 0.398 e. The minimum atomic E-state index is -2.21. The van der Waals surface area contributed by atoms with Gasteiger partial charge in [0.15, 0.2) is 0 Å². The van der Waals surface area contributed by atoms with Gasteiger partial charge in [-0.2, -0.15) is 0 Å². The van der Waals surface area contributed by atoms with E-state index in [1.165, 1.54) is 0 Å². The zero-order chi connectivity index (χ0) is 11.3. The molecule has 1 rings (SSSR count). The highest BCUT2D eigenvalue weighted by Gasteiger charge is 2.37. The van der Waals surface area contributed by atoms with Gasteiger partial charge in [-0.15, -0.1) is 0 Å². The number of esters is 2. The van der Waals surface area contributed by atoms with Crippen molar-refractivity contribution in [3.63, 3.8) is 0 Å². The number of hydrogen-bond acceptors (Lipinski definition) is 6. The third kappa shape index (κ3) is 3.85. The van der Waals surface area contributed by atoms with Crippen LogP contribution in [-0.4, -0.2) is 34.7 Å². The van der Waals surface area contributed by atoms with Crippen LogP contribution in [0.4, 0.5) is 0 Å². The summed E-state index contributed by atoms with van der Waals surface area (Å²) < 4.78 is 9.23. The maximum absolute atomic E-state index is 11.1. The summed E-state index contributed by atoms with van der Waals surface area (Å²) in [5.41, 5.74) is 0. The summed E-state index contributed by atoms with van der Waals surface area (Å²) in [5.74, 6) is -3.43. The highest BCUT2D eigenvalue weighted by atomic mass is 16.8. The van der Waals surface area contributed by atoms with Crippen LogP contribution in [0.25, 0.3) is 0 Å². The smallest absolute Gasteiger partial charge is 0.373 e. The lowest BCUT2D eigenvalue weighted by molar-refractivity contribution is -0.330. The Hall–Kier alpha value is -1.14. The normalized spacial score (nSPS) is 21.2. The van der Waals surface area contributed by atoms with Crippen molar-refractivity contribution in [3.8, 4) is 0 Å². The maximum atomic E-state index is 11.1. The Kier molecular flexibility index (Phi) is 4.05. The summed E-state index contributed by atoms with van der Waals surface area (Å²) in [7, 11) is 0. The van der Waals surface area contributed by atoms with Gasteiger partial charge in [0.05, 0.1) is 6.42 Å². The molecule has 2 N–H and O–H groups in total. The van der Waals surface area contributed by atoms with Gasteiger partial charge >= 0.3 is 17.9 Å².